The molecule has 3 atom stereocenters. The molecule has 1 aromatic carbocycles. The number of nitrogens with zero attached hydrogens (tertiary/aromatic N) is 1. The number of hydrogen-bond acceptors (Lipinski definition) is 3. The lowest BCUT2D eigenvalue weighted by Gasteiger charge is -2.24. The van der Waals surface area contributed by atoms with Crippen molar-refractivity contribution < 1.29 is 32.6 Å². The second kappa shape index (κ2) is 6.57. The zero-order valence-corrected chi connectivity index (χ0v) is 14.3. The lowest BCUT2D eigenvalue weighted by Crippen LogP contribution is -2.40. The van der Waals surface area contributed by atoms with Gasteiger partial charge in [0.05, 0.1) is 12.2 Å². The minimum absolute atomic E-state index is 0.0217. The fourth-order valence-electron chi connectivity index (χ4n) is 3.71. The van der Waals surface area contributed by atoms with Gasteiger partial charge < -0.3 is 14.7 Å². The van der Waals surface area contributed by atoms with Crippen LogP contribution in [0.25, 0.3) is 0 Å². The predicted molar refractivity (Wildman–Crippen MR) is 85.4 cm³/mol. The normalized spacial score (nSPS) is 28.2. The van der Waals surface area contributed by atoms with Crippen molar-refractivity contribution in [2.45, 2.75) is 24.9 Å². The molecule has 26 heavy (non-hydrogen) atoms. The summed E-state index contributed by atoms with van der Waals surface area (Å²) in [6.07, 6.45) is -3.62. The first-order valence-electron chi connectivity index (χ1n) is 8.36. The molecular formula is C18H20F3NO4. The van der Waals surface area contributed by atoms with Crippen molar-refractivity contribution in [3.63, 3.8) is 0 Å². The molecule has 0 radical (unpaired) electrons. The lowest BCUT2D eigenvalue weighted by atomic mass is 9.88. The summed E-state index contributed by atoms with van der Waals surface area (Å²) in [6, 6.07) is 5.05. The van der Waals surface area contributed by atoms with Crippen molar-refractivity contribution in [1.82, 2.24) is 4.90 Å². The number of hydrogen-bond donors (Lipinski definition) is 1. The third kappa shape index (κ3) is 3.42. The van der Waals surface area contributed by atoms with Crippen molar-refractivity contribution in [3.05, 3.63) is 35.4 Å². The van der Waals surface area contributed by atoms with Crippen LogP contribution in [-0.2, 0) is 20.5 Å². The Morgan fingerprint density at radius 2 is 2.12 bits per heavy atom. The van der Waals surface area contributed by atoms with Gasteiger partial charge in [0.15, 0.2) is 0 Å². The minimum Gasteiger partial charge on any atom is -0.481 e. The average molecular weight is 371 g/mol. The van der Waals surface area contributed by atoms with Crippen molar-refractivity contribution in [2.75, 3.05) is 26.8 Å². The number of aliphatic carboxylic acids is 1. The largest absolute Gasteiger partial charge is 0.481 e. The Kier molecular flexibility index (Phi) is 4.72. The molecule has 0 bridgehead atoms. The Morgan fingerprint density at radius 3 is 2.73 bits per heavy atom. The van der Waals surface area contributed by atoms with Gasteiger partial charge in [0.2, 0.25) is 5.91 Å². The van der Waals surface area contributed by atoms with Crippen LogP contribution < -0.4 is 0 Å². The maximum absolute atomic E-state index is 12.8. The monoisotopic (exact) mass is 371 g/mol. The average Bonchev–Trinajstić information content (AvgIpc) is 3.27. The number of alkyl halides is 3. The van der Waals surface area contributed by atoms with Gasteiger partial charge in [0.25, 0.3) is 0 Å². The Labute approximate surface area is 148 Å². The molecule has 1 N–H and O–H groups in total. The number of halogens is 3. The van der Waals surface area contributed by atoms with Crippen LogP contribution in [0.3, 0.4) is 0 Å². The summed E-state index contributed by atoms with van der Waals surface area (Å²) in [5, 5.41) is 9.46. The first-order chi connectivity index (χ1) is 12.2. The Hall–Kier alpha value is -2.09. The number of likely N-dealkylation sites (tertiary alicyclic amines) is 1. The summed E-state index contributed by atoms with van der Waals surface area (Å²) >= 11 is 0. The third-order valence-corrected chi connectivity index (χ3v) is 5.29. The molecular weight excluding hydrogens is 351 g/mol. The Bertz CT molecular complexity index is 721. The smallest absolute Gasteiger partial charge is 0.416 e. The van der Waals surface area contributed by atoms with Gasteiger partial charge in [0.1, 0.15) is 5.41 Å². The van der Waals surface area contributed by atoms with Gasteiger partial charge in [-0.15, -0.1) is 0 Å². The summed E-state index contributed by atoms with van der Waals surface area (Å²) in [5.74, 6) is -1.82. The number of methoxy groups -OCH3 is 1. The third-order valence-electron chi connectivity index (χ3n) is 5.29. The predicted octanol–water partition coefficient (Wildman–Crippen LogP) is 2.76. The summed E-state index contributed by atoms with van der Waals surface area (Å²) in [7, 11) is 1.42. The highest BCUT2D eigenvalue weighted by atomic mass is 19.4. The van der Waals surface area contributed by atoms with E-state index in [1.807, 2.05) is 0 Å². The highest BCUT2D eigenvalue weighted by molar-refractivity contribution is 5.85. The van der Waals surface area contributed by atoms with E-state index in [4.69, 9.17) is 4.74 Å². The SMILES string of the molecule is COCC1(C(=O)O)CCN(C(=O)C2CC2c2cccc(C(F)(F)F)c2)C1. The van der Waals surface area contributed by atoms with E-state index in [-0.39, 0.29) is 30.9 Å². The fourth-order valence-corrected chi connectivity index (χ4v) is 3.71. The first-order valence-corrected chi connectivity index (χ1v) is 8.36. The molecule has 2 aliphatic rings. The molecule has 0 aromatic heterocycles. The zero-order chi connectivity index (χ0) is 19.1. The molecule has 0 spiro atoms. The number of amides is 1. The van der Waals surface area contributed by atoms with E-state index in [1.54, 1.807) is 6.07 Å². The molecule has 1 aliphatic heterocycles. The van der Waals surface area contributed by atoms with Gasteiger partial charge in [0, 0.05) is 26.1 Å². The van der Waals surface area contributed by atoms with E-state index in [0.29, 0.717) is 24.9 Å². The second-order valence-electron chi connectivity index (χ2n) is 7.10. The van der Waals surface area contributed by atoms with Crippen molar-refractivity contribution in [2.24, 2.45) is 11.3 Å². The van der Waals surface area contributed by atoms with Gasteiger partial charge in [-0.2, -0.15) is 13.2 Å². The Morgan fingerprint density at radius 1 is 1.38 bits per heavy atom. The molecule has 3 unspecified atom stereocenters. The summed E-state index contributed by atoms with van der Waals surface area (Å²) in [6.45, 7) is 0.412. The van der Waals surface area contributed by atoms with Gasteiger partial charge in [-0.05, 0) is 30.4 Å². The fraction of sp³-hybridized carbons (Fsp3) is 0.556. The van der Waals surface area contributed by atoms with Crippen molar-refractivity contribution in [1.29, 1.82) is 0 Å². The maximum atomic E-state index is 12.8. The summed E-state index contributed by atoms with van der Waals surface area (Å²) < 4.78 is 43.5. The molecule has 8 heteroatoms. The number of ether oxygens (including phenoxy) is 1. The molecule has 2 fully saturated rings. The van der Waals surface area contributed by atoms with E-state index in [9.17, 15) is 27.9 Å². The highest BCUT2D eigenvalue weighted by Crippen LogP contribution is 2.50. The first kappa shape index (κ1) is 18.7. The van der Waals surface area contributed by atoms with Crippen molar-refractivity contribution in [3.8, 4) is 0 Å². The van der Waals surface area contributed by atoms with Gasteiger partial charge in [-0.25, -0.2) is 0 Å². The molecule has 142 valence electrons. The van der Waals surface area contributed by atoms with E-state index in [1.165, 1.54) is 18.1 Å². The summed E-state index contributed by atoms with van der Waals surface area (Å²) in [5.41, 5.74) is -1.33. The molecule has 1 heterocycles. The van der Waals surface area contributed by atoms with Crippen LogP contribution in [-0.4, -0.2) is 48.7 Å². The number of carboxylic acid groups (broad SMARTS) is 1. The zero-order valence-electron chi connectivity index (χ0n) is 14.3. The molecule has 5 nitrogen and oxygen atoms in total. The number of carbonyl (C=O) groups excluding carboxylic acids is 1. The standard InChI is InChI=1S/C18H20F3NO4/c1-26-10-17(16(24)25)5-6-22(9-17)15(23)14-8-13(14)11-3-2-4-12(7-11)18(19,20)21/h2-4,7,13-14H,5-6,8-10H2,1H3,(H,24,25). The quantitative estimate of drug-likeness (QED) is 0.864. The number of rotatable bonds is 5. The molecule has 1 aliphatic carbocycles. The molecule has 1 aromatic rings. The highest BCUT2D eigenvalue weighted by Gasteiger charge is 2.52. The maximum Gasteiger partial charge on any atom is 0.416 e. The van der Waals surface area contributed by atoms with Gasteiger partial charge >= 0.3 is 12.1 Å². The number of carbonyl (C=O) groups is 2. The van der Waals surface area contributed by atoms with Gasteiger partial charge in [-0.1, -0.05) is 18.2 Å². The lowest BCUT2D eigenvalue weighted by molar-refractivity contribution is -0.151. The van der Waals surface area contributed by atoms with Crippen LogP contribution in [0.5, 0.6) is 0 Å². The van der Waals surface area contributed by atoms with Crippen LogP contribution >= 0.6 is 0 Å². The Balaban J connectivity index is 1.68. The summed E-state index contributed by atoms with van der Waals surface area (Å²) in [4.78, 5) is 25.7. The molecule has 3 rings (SSSR count). The van der Waals surface area contributed by atoms with Crippen LogP contribution in [0.2, 0.25) is 0 Å². The molecule has 1 saturated heterocycles. The van der Waals surface area contributed by atoms with E-state index in [2.05, 4.69) is 0 Å². The number of benzene rings is 1. The second-order valence-corrected chi connectivity index (χ2v) is 7.10. The topological polar surface area (TPSA) is 66.8 Å². The minimum atomic E-state index is -4.42. The van der Waals surface area contributed by atoms with Gasteiger partial charge in [-0.3, -0.25) is 9.59 Å². The van der Waals surface area contributed by atoms with E-state index >= 15 is 0 Å². The molecule has 1 amide bonds. The van der Waals surface area contributed by atoms with E-state index in [0.717, 1.165) is 12.1 Å². The number of carboxylic acids is 1. The van der Waals surface area contributed by atoms with Crippen molar-refractivity contribution >= 4 is 11.9 Å². The van der Waals surface area contributed by atoms with E-state index < -0.39 is 23.1 Å². The van der Waals surface area contributed by atoms with Crippen LogP contribution in [0.4, 0.5) is 13.2 Å². The molecule has 1 saturated carbocycles. The van der Waals surface area contributed by atoms with Crippen LogP contribution in [0, 0.1) is 11.3 Å². The van der Waals surface area contributed by atoms with Crippen LogP contribution in [0.15, 0.2) is 24.3 Å². The van der Waals surface area contributed by atoms with Crippen LogP contribution in [0.1, 0.15) is 29.9 Å².